The Morgan fingerprint density at radius 1 is 1.62 bits per heavy atom. The van der Waals surface area contributed by atoms with Crippen LogP contribution < -0.4 is 5.32 Å². The summed E-state index contributed by atoms with van der Waals surface area (Å²) in [4.78, 5) is 10.3. The van der Waals surface area contributed by atoms with Crippen LogP contribution in [-0.4, -0.2) is 19.2 Å². The zero-order chi connectivity index (χ0) is 6.57. The van der Waals surface area contributed by atoms with Gasteiger partial charge in [0.2, 0.25) is 0 Å². The number of carbonyl (C=O) groups excluding carboxylic acids is 1. The van der Waals surface area contributed by atoms with Gasteiger partial charge in [0.15, 0.2) is 0 Å². The Labute approximate surface area is 49.0 Å². The van der Waals surface area contributed by atoms with Gasteiger partial charge in [-0.3, -0.25) is 0 Å². The van der Waals surface area contributed by atoms with Crippen molar-refractivity contribution in [1.82, 2.24) is 5.32 Å². The Bertz CT molecular complexity index is 80.5. The zero-order valence-electron chi connectivity index (χ0n) is 5.39. The Hall–Kier alpha value is -0.730. The molecule has 0 bridgehead atoms. The molecule has 0 atom stereocenters. The highest BCUT2D eigenvalue weighted by molar-refractivity contribution is 5.66. The fourth-order valence-corrected chi connectivity index (χ4v) is 0.273. The first-order valence-electron chi connectivity index (χ1n) is 2.55. The summed E-state index contributed by atoms with van der Waals surface area (Å²) in [6.45, 7) is 3.60. The van der Waals surface area contributed by atoms with Crippen LogP contribution in [-0.2, 0) is 4.74 Å². The van der Waals surface area contributed by atoms with E-state index in [-0.39, 0.29) is 12.2 Å². The highest BCUT2D eigenvalue weighted by atomic mass is 16.6. The van der Waals surface area contributed by atoms with Crippen molar-refractivity contribution in [1.29, 1.82) is 0 Å². The van der Waals surface area contributed by atoms with Crippen molar-refractivity contribution >= 4 is 6.09 Å². The normalized spacial score (nSPS) is 9.00. The van der Waals surface area contributed by atoms with E-state index >= 15 is 0 Å². The zero-order valence-corrected chi connectivity index (χ0v) is 5.39. The van der Waals surface area contributed by atoms with E-state index in [0.717, 1.165) is 0 Å². The molecule has 0 aromatic carbocycles. The predicted molar refractivity (Wildman–Crippen MR) is 30.7 cm³/mol. The Balaban J connectivity index is 3.25. The number of hydrogen-bond acceptors (Lipinski definition) is 2. The van der Waals surface area contributed by atoms with E-state index in [2.05, 4.69) is 10.1 Å². The third-order valence-electron chi connectivity index (χ3n) is 0.547. The minimum Gasteiger partial charge on any atom is -0.447 e. The van der Waals surface area contributed by atoms with Gasteiger partial charge in [-0.25, -0.2) is 4.79 Å². The smallest absolute Gasteiger partial charge is 0.407 e. The SMILES string of the molecule is CNC(=O)OC(C)C. The van der Waals surface area contributed by atoms with Crippen LogP contribution in [0.2, 0.25) is 0 Å². The van der Waals surface area contributed by atoms with Crippen molar-refractivity contribution in [2.24, 2.45) is 0 Å². The van der Waals surface area contributed by atoms with E-state index in [4.69, 9.17) is 0 Å². The maximum absolute atomic E-state index is 10.3. The molecule has 1 N–H and O–H groups in total. The van der Waals surface area contributed by atoms with Gasteiger partial charge in [-0.15, -0.1) is 0 Å². The number of alkyl carbamates (subject to hydrolysis) is 1. The number of nitrogens with one attached hydrogen (secondary N) is 1. The van der Waals surface area contributed by atoms with Gasteiger partial charge in [0.05, 0.1) is 6.10 Å². The van der Waals surface area contributed by atoms with Crippen LogP contribution in [0.1, 0.15) is 13.8 Å². The fourth-order valence-electron chi connectivity index (χ4n) is 0.273. The molecule has 0 aromatic heterocycles. The van der Waals surface area contributed by atoms with Gasteiger partial charge in [-0.2, -0.15) is 0 Å². The minimum absolute atomic E-state index is 0.0325. The van der Waals surface area contributed by atoms with Gasteiger partial charge in [-0.1, -0.05) is 0 Å². The lowest BCUT2D eigenvalue weighted by molar-refractivity contribution is 0.117. The van der Waals surface area contributed by atoms with Crippen molar-refractivity contribution in [3.05, 3.63) is 0 Å². The van der Waals surface area contributed by atoms with Gasteiger partial charge in [0, 0.05) is 7.05 Å². The average molecular weight is 117 g/mol. The van der Waals surface area contributed by atoms with Gasteiger partial charge >= 0.3 is 6.09 Å². The van der Waals surface area contributed by atoms with Gasteiger partial charge < -0.3 is 10.1 Å². The van der Waals surface area contributed by atoms with Crippen LogP contribution in [0.15, 0.2) is 0 Å². The van der Waals surface area contributed by atoms with Crippen molar-refractivity contribution < 1.29 is 9.53 Å². The third-order valence-corrected chi connectivity index (χ3v) is 0.547. The molecular weight excluding hydrogens is 106 g/mol. The van der Waals surface area contributed by atoms with E-state index in [1.807, 2.05) is 0 Å². The number of amides is 1. The number of ether oxygens (including phenoxy) is 1. The van der Waals surface area contributed by atoms with E-state index in [1.54, 1.807) is 13.8 Å². The molecule has 3 heteroatoms. The maximum Gasteiger partial charge on any atom is 0.407 e. The Morgan fingerprint density at radius 3 is 2.25 bits per heavy atom. The molecule has 0 radical (unpaired) electrons. The molecule has 0 saturated heterocycles. The number of carbonyl (C=O) groups is 1. The molecule has 0 aliphatic carbocycles. The highest BCUT2D eigenvalue weighted by Gasteiger charge is 1.98. The summed E-state index contributed by atoms with van der Waals surface area (Å²) < 4.78 is 4.65. The molecule has 48 valence electrons. The maximum atomic E-state index is 10.3. The summed E-state index contributed by atoms with van der Waals surface area (Å²) in [7, 11) is 1.53. The van der Waals surface area contributed by atoms with Crippen molar-refractivity contribution in [2.75, 3.05) is 7.05 Å². The lowest BCUT2D eigenvalue weighted by Crippen LogP contribution is -2.22. The van der Waals surface area contributed by atoms with Gasteiger partial charge in [0.1, 0.15) is 0 Å². The molecule has 0 unspecified atom stereocenters. The summed E-state index contributed by atoms with van der Waals surface area (Å²) in [5.41, 5.74) is 0. The lowest BCUT2D eigenvalue weighted by atomic mass is 10.5. The molecule has 0 saturated carbocycles. The first-order chi connectivity index (χ1) is 3.66. The summed E-state index contributed by atoms with van der Waals surface area (Å²) >= 11 is 0. The van der Waals surface area contributed by atoms with E-state index in [0.29, 0.717) is 0 Å². The van der Waals surface area contributed by atoms with Crippen molar-refractivity contribution in [3.63, 3.8) is 0 Å². The second-order valence-corrected chi connectivity index (χ2v) is 1.70. The Morgan fingerprint density at radius 2 is 2.12 bits per heavy atom. The summed E-state index contributed by atoms with van der Waals surface area (Å²) in [6, 6.07) is 0. The quantitative estimate of drug-likeness (QED) is 0.550. The van der Waals surface area contributed by atoms with Crippen molar-refractivity contribution in [3.8, 4) is 0 Å². The molecule has 0 fully saturated rings. The monoisotopic (exact) mass is 117 g/mol. The third kappa shape index (κ3) is 3.46. The molecule has 0 heterocycles. The van der Waals surface area contributed by atoms with E-state index in [1.165, 1.54) is 7.05 Å². The second kappa shape index (κ2) is 3.29. The first-order valence-corrected chi connectivity index (χ1v) is 2.55. The van der Waals surface area contributed by atoms with Crippen LogP contribution in [0, 0.1) is 0 Å². The fraction of sp³-hybridized carbons (Fsp3) is 0.800. The molecular formula is C5H11NO2. The van der Waals surface area contributed by atoms with Crippen LogP contribution >= 0.6 is 0 Å². The number of hydrogen-bond donors (Lipinski definition) is 1. The molecule has 0 aliphatic rings. The van der Waals surface area contributed by atoms with Crippen LogP contribution in [0.25, 0.3) is 0 Å². The molecule has 0 spiro atoms. The molecule has 0 aliphatic heterocycles. The largest absolute Gasteiger partial charge is 0.447 e. The topological polar surface area (TPSA) is 38.3 Å². The van der Waals surface area contributed by atoms with Crippen LogP contribution in [0.5, 0.6) is 0 Å². The van der Waals surface area contributed by atoms with Gasteiger partial charge in [-0.05, 0) is 13.8 Å². The molecule has 3 nitrogen and oxygen atoms in total. The predicted octanol–water partition coefficient (Wildman–Crippen LogP) is 0.751. The highest BCUT2D eigenvalue weighted by Crippen LogP contribution is 1.85. The Kier molecular flexibility index (Phi) is 2.99. The van der Waals surface area contributed by atoms with E-state index < -0.39 is 0 Å². The standard InChI is InChI=1S/C5H11NO2/c1-4(2)8-5(7)6-3/h4H,1-3H3,(H,6,7). The van der Waals surface area contributed by atoms with Crippen LogP contribution in [0.4, 0.5) is 4.79 Å². The summed E-state index contributed by atoms with van der Waals surface area (Å²) in [5.74, 6) is 0. The molecule has 0 rings (SSSR count). The molecule has 0 aromatic rings. The lowest BCUT2D eigenvalue weighted by Gasteiger charge is -2.04. The number of rotatable bonds is 1. The summed E-state index contributed by atoms with van der Waals surface area (Å²) in [6.07, 6.45) is -0.407. The second-order valence-electron chi connectivity index (χ2n) is 1.70. The average Bonchev–Trinajstić information content (AvgIpc) is 1.65. The van der Waals surface area contributed by atoms with Gasteiger partial charge in [0.25, 0.3) is 0 Å². The molecule has 1 amide bonds. The van der Waals surface area contributed by atoms with Crippen LogP contribution in [0.3, 0.4) is 0 Å². The van der Waals surface area contributed by atoms with E-state index in [9.17, 15) is 4.79 Å². The first kappa shape index (κ1) is 7.27. The minimum atomic E-state index is -0.375. The van der Waals surface area contributed by atoms with Crippen molar-refractivity contribution in [2.45, 2.75) is 20.0 Å². The molecule has 8 heavy (non-hydrogen) atoms. The summed E-state index contributed by atoms with van der Waals surface area (Å²) in [5, 5.41) is 2.34.